The van der Waals surface area contributed by atoms with Crippen LogP contribution in [-0.2, 0) is 17.5 Å². The number of piperidine rings is 1. The summed E-state index contributed by atoms with van der Waals surface area (Å²) >= 11 is 0. The molecule has 7 heteroatoms. The Labute approximate surface area is 153 Å². The standard InChI is InChI=1S/C18H25F3N2O.ClH/c1-13(14-7-5-9-22-11-14)10-17(24)23(2)12-15-6-3-4-8-16(15)18(19,20)21;/h3-4,6,8,13-14,22H,5,7,9-12H2,1-2H3;1H. The van der Waals surface area contributed by atoms with Crippen LogP contribution in [0.15, 0.2) is 24.3 Å². The Hall–Kier alpha value is -1.27. The van der Waals surface area contributed by atoms with Crippen LogP contribution >= 0.6 is 12.4 Å². The minimum Gasteiger partial charge on any atom is -0.341 e. The zero-order valence-corrected chi connectivity index (χ0v) is 15.4. The van der Waals surface area contributed by atoms with Crippen molar-refractivity contribution in [3.63, 3.8) is 0 Å². The van der Waals surface area contributed by atoms with Crippen LogP contribution in [0.25, 0.3) is 0 Å². The number of hydrogen-bond donors (Lipinski definition) is 1. The van der Waals surface area contributed by atoms with Crippen LogP contribution in [0.3, 0.4) is 0 Å². The molecular weight excluding hydrogens is 353 g/mol. The van der Waals surface area contributed by atoms with Crippen molar-refractivity contribution in [1.82, 2.24) is 10.2 Å². The molecule has 0 radical (unpaired) electrons. The molecule has 0 saturated carbocycles. The molecule has 1 fully saturated rings. The number of carbonyl (C=O) groups is 1. The molecule has 2 atom stereocenters. The lowest BCUT2D eigenvalue weighted by atomic mass is 9.85. The first-order valence-electron chi connectivity index (χ1n) is 8.39. The number of hydrogen-bond acceptors (Lipinski definition) is 2. The Morgan fingerprint density at radius 3 is 2.64 bits per heavy atom. The third kappa shape index (κ3) is 6.19. The lowest BCUT2D eigenvalue weighted by Gasteiger charge is -2.29. The van der Waals surface area contributed by atoms with Gasteiger partial charge in [0.1, 0.15) is 0 Å². The molecule has 3 nitrogen and oxygen atoms in total. The van der Waals surface area contributed by atoms with Crippen LogP contribution in [-0.4, -0.2) is 30.9 Å². The van der Waals surface area contributed by atoms with Gasteiger partial charge in [-0.25, -0.2) is 0 Å². The zero-order valence-electron chi connectivity index (χ0n) is 14.6. The minimum absolute atomic E-state index is 0. The fraction of sp³-hybridized carbons (Fsp3) is 0.611. The molecule has 1 aliphatic heterocycles. The van der Waals surface area contributed by atoms with Crippen LogP contribution < -0.4 is 5.32 Å². The average molecular weight is 379 g/mol. The third-order valence-electron chi connectivity index (χ3n) is 4.79. The molecule has 0 aromatic heterocycles. The maximum absolute atomic E-state index is 13.0. The summed E-state index contributed by atoms with van der Waals surface area (Å²) in [7, 11) is 1.57. The van der Waals surface area contributed by atoms with Gasteiger partial charge < -0.3 is 10.2 Å². The summed E-state index contributed by atoms with van der Waals surface area (Å²) < 4.78 is 39.1. The fourth-order valence-corrected chi connectivity index (χ4v) is 3.24. The molecular formula is C18H26ClF3N2O. The largest absolute Gasteiger partial charge is 0.416 e. The summed E-state index contributed by atoms with van der Waals surface area (Å²) in [5, 5.41) is 3.33. The molecule has 1 heterocycles. The maximum Gasteiger partial charge on any atom is 0.416 e. The van der Waals surface area contributed by atoms with Gasteiger partial charge in [0.15, 0.2) is 0 Å². The Morgan fingerprint density at radius 2 is 2.04 bits per heavy atom. The van der Waals surface area contributed by atoms with E-state index in [0.717, 1.165) is 32.0 Å². The Morgan fingerprint density at radius 1 is 1.36 bits per heavy atom. The van der Waals surface area contributed by atoms with Crippen molar-refractivity contribution in [3.8, 4) is 0 Å². The number of halogens is 4. The van der Waals surface area contributed by atoms with Gasteiger partial charge in [0.05, 0.1) is 5.56 Å². The molecule has 1 aromatic rings. The van der Waals surface area contributed by atoms with Crippen LogP contribution in [0.4, 0.5) is 13.2 Å². The number of carbonyl (C=O) groups excluding carboxylic acids is 1. The molecule has 2 rings (SSSR count). The van der Waals surface area contributed by atoms with Crippen molar-refractivity contribution >= 4 is 18.3 Å². The van der Waals surface area contributed by atoms with E-state index < -0.39 is 11.7 Å². The SMILES string of the molecule is CC(CC(=O)N(C)Cc1ccccc1C(F)(F)F)C1CCCNC1.Cl. The van der Waals surface area contributed by atoms with E-state index in [2.05, 4.69) is 5.32 Å². The summed E-state index contributed by atoms with van der Waals surface area (Å²) in [5.74, 6) is 0.578. The van der Waals surface area contributed by atoms with Crippen molar-refractivity contribution in [2.75, 3.05) is 20.1 Å². The van der Waals surface area contributed by atoms with E-state index in [-0.39, 0.29) is 36.3 Å². The Bertz CT molecular complexity index is 559. The lowest BCUT2D eigenvalue weighted by molar-refractivity contribution is -0.139. The van der Waals surface area contributed by atoms with E-state index in [4.69, 9.17) is 0 Å². The first-order valence-corrected chi connectivity index (χ1v) is 8.39. The fourth-order valence-electron chi connectivity index (χ4n) is 3.24. The zero-order chi connectivity index (χ0) is 17.7. The molecule has 1 aliphatic rings. The molecule has 142 valence electrons. The molecule has 25 heavy (non-hydrogen) atoms. The highest BCUT2D eigenvalue weighted by atomic mass is 35.5. The van der Waals surface area contributed by atoms with Gasteiger partial charge in [-0.3, -0.25) is 4.79 Å². The minimum atomic E-state index is -4.40. The second kappa shape index (κ2) is 9.43. The highest BCUT2D eigenvalue weighted by Crippen LogP contribution is 2.32. The van der Waals surface area contributed by atoms with E-state index in [1.807, 2.05) is 6.92 Å². The van der Waals surface area contributed by atoms with Gasteiger partial charge >= 0.3 is 6.18 Å². The Kier molecular flexibility index (Phi) is 8.22. The number of nitrogens with zero attached hydrogens (tertiary/aromatic N) is 1. The van der Waals surface area contributed by atoms with E-state index in [0.29, 0.717) is 12.3 Å². The molecule has 0 bridgehead atoms. The molecule has 1 saturated heterocycles. The summed E-state index contributed by atoms with van der Waals surface area (Å²) in [5.41, 5.74) is -0.540. The van der Waals surface area contributed by atoms with Gasteiger partial charge in [-0.05, 0) is 49.4 Å². The van der Waals surface area contributed by atoms with Gasteiger partial charge in [0.25, 0.3) is 0 Å². The number of nitrogens with one attached hydrogen (secondary N) is 1. The third-order valence-corrected chi connectivity index (χ3v) is 4.79. The number of benzene rings is 1. The topological polar surface area (TPSA) is 32.3 Å². The van der Waals surface area contributed by atoms with E-state index >= 15 is 0 Å². The monoisotopic (exact) mass is 378 g/mol. The van der Waals surface area contributed by atoms with Crippen molar-refractivity contribution < 1.29 is 18.0 Å². The second-order valence-electron chi connectivity index (χ2n) is 6.69. The predicted octanol–water partition coefficient (Wildman–Crippen LogP) is 4.11. The lowest BCUT2D eigenvalue weighted by Crippen LogP contribution is -2.36. The van der Waals surface area contributed by atoms with Gasteiger partial charge in [-0.1, -0.05) is 25.1 Å². The molecule has 2 unspecified atom stereocenters. The van der Waals surface area contributed by atoms with Crippen LogP contribution in [0.1, 0.15) is 37.3 Å². The molecule has 1 aromatic carbocycles. The number of rotatable bonds is 5. The first-order chi connectivity index (χ1) is 11.3. The van der Waals surface area contributed by atoms with Crippen molar-refractivity contribution in [1.29, 1.82) is 0 Å². The smallest absolute Gasteiger partial charge is 0.341 e. The van der Waals surface area contributed by atoms with Gasteiger partial charge in [-0.2, -0.15) is 13.2 Å². The van der Waals surface area contributed by atoms with Crippen LogP contribution in [0.5, 0.6) is 0 Å². The highest BCUT2D eigenvalue weighted by molar-refractivity contribution is 5.85. The molecule has 1 N–H and O–H groups in total. The normalized spacial score (nSPS) is 19.0. The van der Waals surface area contributed by atoms with Crippen LogP contribution in [0.2, 0.25) is 0 Å². The maximum atomic E-state index is 13.0. The molecule has 0 aliphatic carbocycles. The summed E-state index contributed by atoms with van der Waals surface area (Å²) in [6, 6.07) is 5.43. The Balaban J connectivity index is 0.00000312. The van der Waals surface area contributed by atoms with Gasteiger partial charge in [0.2, 0.25) is 5.91 Å². The van der Waals surface area contributed by atoms with Gasteiger partial charge in [-0.15, -0.1) is 12.4 Å². The van der Waals surface area contributed by atoms with Crippen molar-refractivity contribution in [2.45, 2.75) is 38.9 Å². The second-order valence-corrected chi connectivity index (χ2v) is 6.69. The van der Waals surface area contributed by atoms with Gasteiger partial charge in [0, 0.05) is 20.0 Å². The van der Waals surface area contributed by atoms with Crippen LogP contribution in [0, 0.1) is 11.8 Å². The number of amides is 1. The van der Waals surface area contributed by atoms with E-state index in [1.54, 1.807) is 13.1 Å². The first kappa shape index (κ1) is 21.8. The highest BCUT2D eigenvalue weighted by Gasteiger charge is 2.33. The number of alkyl halides is 3. The molecule has 1 amide bonds. The van der Waals surface area contributed by atoms with Crippen molar-refractivity contribution in [3.05, 3.63) is 35.4 Å². The van der Waals surface area contributed by atoms with E-state index in [9.17, 15) is 18.0 Å². The predicted molar refractivity (Wildman–Crippen MR) is 94.5 cm³/mol. The average Bonchev–Trinajstić information content (AvgIpc) is 2.55. The van der Waals surface area contributed by atoms with E-state index in [1.165, 1.54) is 17.0 Å². The molecule has 0 spiro atoms. The van der Waals surface area contributed by atoms with Crippen molar-refractivity contribution in [2.24, 2.45) is 11.8 Å². The summed E-state index contributed by atoms with van der Waals surface area (Å²) in [6.45, 7) is 3.96. The quantitative estimate of drug-likeness (QED) is 0.836. The summed E-state index contributed by atoms with van der Waals surface area (Å²) in [6.07, 6.45) is -1.82. The summed E-state index contributed by atoms with van der Waals surface area (Å²) in [4.78, 5) is 13.8.